The molecule has 0 saturated carbocycles. The van der Waals surface area contributed by atoms with E-state index in [1.165, 1.54) is 4.90 Å². The second-order valence-electron chi connectivity index (χ2n) is 3.45. The fraction of sp³-hybridized carbons (Fsp3) is 0.875. The molecule has 1 heterocycles. The third-order valence-corrected chi connectivity index (χ3v) is 2.40. The van der Waals surface area contributed by atoms with Crippen molar-refractivity contribution in [1.82, 2.24) is 4.90 Å². The van der Waals surface area contributed by atoms with Crippen molar-refractivity contribution in [3.8, 4) is 0 Å². The van der Waals surface area contributed by atoms with Gasteiger partial charge in [0.2, 0.25) is 0 Å². The molecule has 4 nitrogen and oxygen atoms in total. The molecule has 70 valence electrons. The Hall–Kier alpha value is -0.770. The van der Waals surface area contributed by atoms with E-state index in [-0.39, 0.29) is 12.6 Å². The summed E-state index contributed by atoms with van der Waals surface area (Å²) in [4.78, 5) is 12.0. The quantitative estimate of drug-likeness (QED) is 0.615. The van der Waals surface area contributed by atoms with Crippen LogP contribution in [-0.2, 0) is 0 Å². The molecule has 4 heteroatoms. The first kappa shape index (κ1) is 9.32. The number of aliphatic hydroxyl groups is 1. The molecule has 2 N–H and O–H groups in total. The summed E-state index contributed by atoms with van der Waals surface area (Å²) in [5.41, 5.74) is 0. The van der Waals surface area contributed by atoms with Crippen LogP contribution in [0.3, 0.4) is 0 Å². The zero-order valence-electron chi connectivity index (χ0n) is 7.23. The Kier molecular flexibility index (Phi) is 2.92. The fourth-order valence-electron chi connectivity index (χ4n) is 1.63. The van der Waals surface area contributed by atoms with Crippen molar-refractivity contribution >= 4 is 6.09 Å². The molecule has 0 aliphatic carbocycles. The summed E-state index contributed by atoms with van der Waals surface area (Å²) in [6.45, 7) is 2.53. The van der Waals surface area contributed by atoms with Crippen LogP contribution in [0.5, 0.6) is 0 Å². The largest absolute Gasteiger partial charge is 0.465 e. The lowest BCUT2D eigenvalue weighted by molar-refractivity contribution is 0.0624. The fourth-order valence-corrected chi connectivity index (χ4v) is 1.63. The molecule has 2 unspecified atom stereocenters. The van der Waals surface area contributed by atoms with Gasteiger partial charge in [0.15, 0.2) is 0 Å². The highest BCUT2D eigenvalue weighted by Gasteiger charge is 2.28. The number of aliphatic hydroxyl groups excluding tert-OH is 1. The molecule has 1 amide bonds. The van der Waals surface area contributed by atoms with Crippen LogP contribution in [0.15, 0.2) is 0 Å². The van der Waals surface area contributed by atoms with Gasteiger partial charge in [0.05, 0.1) is 12.6 Å². The normalized spacial score (nSPS) is 30.3. The van der Waals surface area contributed by atoms with Crippen LogP contribution in [0.4, 0.5) is 4.79 Å². The Labute approximate surface area is 71.8 Å². The lowest BCUT2D eigenvalue weighted by atomic mass is 9.95. The van der Waals surface area contributed by atoms with Crippen molar-refractivity contribution in [2.75, 3.05) is 13.2 Å². The standard InChI is InChI=1S/C8H15NO3/c1-6-2-3-7(5-10)9(4-6)8(11)12/h6-7,10H,2-5H2,1H3,(H,11,12). The highest BCUT2D eigenvalue weighted by molar-refractivity contribution is 5.65. The van der Waals surface area contributed by atoms with E-state index in [2.05, 4.69) is 0 Å². The summed E-state index contributed by atoms with van der Waals surface area (Å²) in [6, 6.07) is -0.182. The van der Waals surface area contributed by atoms with Crippen LogP contribution in [0, 0.1) is 5.92 Å². The third kappa shape index (κ3) is 1.88. The summed E-state index contributed by atoms with van der Waals surface area (Å²) >= 11 is 0. The van der Waals surface area contributed by atoms with Crippen molar-refractivity contribution in [3.63, 3.8) is 0 Å². The smallest absolute Gasteiger partial charge is 0.407 e. The summed E-state index contributed by atoms with van der Waals surface area (Å²) in [5, 5.41) is 17.7. The van der Waals surface area contributed by atoms with Crippen LogP contribution in [-0.4, -0.2) is 40.4 Å². The minimum atomic E-state index is -0.916. The molecule has 0 radical (unpaired) electrons. The molecule has 0 spiro atoms. The predicted molar refractivity (Wildman–Crippen MR) is 44.0 cm³/mol. The van der Waals surface area contributed by atoms with Crippen LogP contribution < -0.4 is 0 Å². The van der Waals surface area contributed by atoms with Gasteiger partial charge < -0.3 is 15.1 Å². The summed E-state index contributed by atoms with van der Waals surface area (Å²) < 4.78 is 0. The SMILES string of the molecule is CC1CCC(CO)N(C(=O)O)C1. The molecule has 1 aliphatic rings. The van der Waals surface area contributed by atoms with Crippen LogP contribution in [0.1, 0.15) is 19.8 Å². The number of hydrogen-bond acceptors (Lipinski definition) is 2. The maximum atomic E-state index is 10.7. The number of rotatable bonds is 1. The number of carbonyl (C=O) groups is 1. The first-order valence-electron chi connectivity index (χ1n) is 4.25. The van der Waals surface area contributed by atoms with Gasteiger partial charge in [-0.2, -0.15) is 0 Å². The minimum Gasteiger partial charge on any atom is -0.465 e. The van der Waals surface area contributed by atoms with Gasteiger partial charge in [0, 0.05) is 6.54 Å². The molecule has 0 aromatic rings. The lowest BCUT2D eigenvalue weighted by Crippen LogP contribution is -2.47. The number of piperidine rings is 1. The molecule has 2 atom stereocenters. The van der Waals surface area contributed by atoms with Crippen molar-refractivity contribution < 1.29 is 15.0 Å². The molecule has 1 fully saturated rings. The second-order valence-corrected chi connectivity index (χ2v) is 3.45. The van der Waals surface area contributed by atoms with E-state index in [0.717, 1.165) is 12.8 Å². The molecule has 1 aliphatic heterocycles. The topological polar surface area (TPSA) is 60.8 Å². The van der Waals surface area contributed by atoms with E-state index in [4.69, 9.17) is 10.2 Å². The van der Waals surface area contributed by atoms with Gasteiger partial charge in [-0.05, 0) is 18.8 Å². The van der Waals surface area contributed by atoms with Crippen molar-refractivity contribution in [3.05, 3.63) is 0 Å². The zero-order chi connectivity index (χ0) is 9.14. The van der Waals surface area contributed by atoms with Crippen molar-refractivity contribution in [2.24, 2.45) is 5.92 Å². The molecule has 1 rings (SSSR count). The van der Waals surface area contributed by atoms with E-state index in [1.807, 2.05) is 6.92 Å². The Balaban J connectivity index is 2.58. The summed E-state index contributed by atoms with van der Waals surface area (Å²) in [5.74, 6) is 0.420. The van der Waals surface area contributed by atoms with E-state index >= 15 is 0 Å². The van der Waals surface area contributed by atoms with Crippen LogP contribution in [0.25, 0.3) is 0 Å². The first-order valence-corrected chi connectivity index (χ1v) is 4.25. The number of carboxylic acid groups (broad SMARTS) is 1. The van der Waals surface area contributed by atoms with Gasteiger partial charge in [-0.3, -0.25) is 0 Å². The average molecular weight is 173 g/mol. The Morgan fingerprint density at radius 3 is 2.75 bits per heavy atom. The molecule has 12 heavy (non-hydrogen) atoms. The molecule has 0 aromatic heterocycles. The Morgan fingerprint density at radius 1 is 1.58 bits per heavy atom. The molecular formula is C8H15NO3. The predicted octanol–water partition coefficient (Wildman–Crippen LogP) is 0.757. The van der Waals surface area contributed by atoms with Gasteiger partial charge >= 0.3 is 6.09 Å². The monoisotopic (exact) mass is 173 g/mol. The number of likely N-dealkylation sites (tertiary alicyclic amines) is 1. The van der Waals surface area contributed by atoms with Gasteiger partial charge in [-0.15, -0.1) is 0 Å². The molecule has 1 saturated heterocycles. The van der Waals surface area contributed by atoms with E-state index in [9.17, 15) is 4.79 Å². The third-order valence-electron chi connectivity index (χ3n) is 2.40. The maximum Gasteiger partial charge on any atom is 0.407 e. The molecule has 0 aromatic carbocycles. The highest BCUT2D eigenvalue weighted by atomic mass is 16.4. The zero-order valence-corrected chi connectivity index (χ0v) is 7.23. The Bertz CT molecular complexity index is 172. The van der Waals surface area contributed by atoms with Gasteiger partial charge in [0.25, 0.3) is 0 Å². The number of amides is 1. The molecule has 0 bridgehead atoms. The van der Waals surface area contributed by atoms with E-state index in [1.54, 1.807) is 0 Å². The van der Waals surface area contributed by atoms with Crippen LogP contribution in [0.2, 0.25) is 0 Å². The number of hydrogen-bond donors (Lipinski definition) is 2. The van der Waals surface area contributed by atoms with Gasteiger partial charge in [-0.25, -0.2) is 4.79 Å². The van der Waals surface area contributed by atoms with E-state index < -0.39 is 6.09 Å². The maximum absolute atomic E-state index is 10.7. The second kappa shape index (κ2) is 3.76. The number of nitrogens with zero attached hydrogens (tertiary/aromatic N) is 1. The summed E-state index contributed by atoms with van der Waals surface area (Å²) in [6.07, 6.45) is 0.875. The van der Waals surface area contributed by atoms with Gasteiger partial charge in [-0.1, -0.05) is 6.92 Å². The van der Waals surface area contributed by atoms with Crippen molar-refractivity contribution in [2.45, 2.75) is 25.8 Å². The van der Waals surface area contributed by atoms with Gasteiger partial charge in [0.1, 0.15) is 0 Å². The lowest BCUT2D eigenvalue weighted by Gasteiger charge is -2.35. The average Bonchev–Trinajstić information content (AvgIpc) is 2.04. The minimum absolute atomic E-state index is 0.0565. The van der Waals surface area contributed by atoms with Crippen LogP contribution >= 0.6 is 0 Å². The highest BCUT2D eigenvalue weighted by Crippen LogP contribution is 2.21. The first-order chi connectivity index (χ1) is 5.65. The Morgan fingerprint density at radius 2 is 2.25 bits per heavy atom. The summed E-state index contributed by atoms with van der Waals surface area (Å²) in [7, 11) is 0. The van der Waals surface area contributed by atoms with E-state index in [0.29, 0.717) is 12.5 Å². The molecular weight excluding hydrogens is 158 g/mol. The van der Waals surface area contributed by atoms with Crippen molar-refractivity contribution in [1.29, 1.82) is 0 Å².